The van der Waals surface area contributed by atoms with Gasteiger partial charge in [0.05, 0.1) is 12.0 Å². The Balaban J connectivity index is 1.66. The molecule has 36 heavy (non-hydrogen) atoms. The Kier molecular flexibility index (Phi) is 9.86. The van der Waals surface area contributed by atoms with Crippen molar-refractivity contribution in [3.63, 3.8) is 0 Å². The van der Waals surface area contributed by atoms with Gasteiger partial charge in [0, 0.05) is 32.2 Å². The fourth-order valence-electron chi connectivity index (χ4n) is 3.67. The largest absolute Gasteiger partial charge is 0.497 e. The Hall–Kier alpha value is -2.95. The number of rotatable bonds is 14. The zero-order valence-corrected chi connectivity index (χ0v) is 21.6. The van der Waals surface area contributed by atoms with E-state index in [1.807, 2.05) is 12.1 Å². The minimum absolute atomic E-state index is 0.0279. The van der Waals surface area contributed by atoms with Gasteiger partial charge in [0.2, 0.25) is 21.8 Å². The molecular weight excluding hydrogens is 482 g/mol. The average molecular weight is 518 g/mol. The molecule has 0 saturated heterocycles. The number of aliphatic hydroxyl groups excluding tert-OH is 1. The highest BCUT2D eigenvalue weighted by molar-refractivity contribution is 7.89. The Morgan fingerprint density at radius 2 is 1.72 bits per heavy atom. The van der Waals surface area contributed by atoms with E-state index in [1.54, 1.807) is 50.4 Å². The first-order valence-electron chi connectivity index (χ1n) is 12.2. The minimum Gasteiger partial charge on any atom is -0.497 e. The number of aliphatic hydroxyl groups is 1. The lowest BCUT2D eigenvalue weighted by Crippen LogP contribution is -2.48. The third-order valence-corrected chi connectivity index (χ3v) is 7.61. The molecule has 10 heteroatoms. The van der Waals surface area contributed by atoms with E-state index in [0.717, 1.165) is 24.0 Å². The van der Waals surface area contributed by atoms with Gasteiger partial charge in [0.25, 0.3) is 0 Å². The van der Waals surface area contributed by atoms with Crippen LogP contribution in [0, 0.1) is 0 Å². The summed E-state index contributed by atoms with van der Waals surface area (Å²) in [7, 11) is -1.94. The van der Waals surface area contributed by atoms with Gasteiger partial charge in [-0.1, -0.05) is 24.3 Å². The predicted molar refractivity (Wildman–Crippen MR) is 136 cm³/mol. The van der Waals surface area contributed by atoms with Crippen molar-refractivity contribution in [2.75, 3.05) is 20.3 Å². The number of nitrogens with zero attached hydrogens (tertiary/aromatic N) is 1. The molecule has 0 aliphatic heterocycles. The summed E-state index contributed by atoms with van der Waals surface area (Å²) in [4.78, 5) is 27.7. The van der Waals surface area contributed by atoms with Gasteiger partial charge in [-0.3, -0.25) is 9.59 Å². The summed E-state index contributed by atoms with van der Waals surface area (Å²) in [6.45, 7) is 2.23. The molecule has 0 bridgehead atoms. The van der Waals surface area contributed by atoms with Crippen molar-refractivity contribution in [3.8, 4) is 5.75 Å². The van der Waals surface area contributed by atoms with Crippen LogP contribution < -0.4 is 14.8 Å². The van der Waals surface area contributed by atoms with Gasteiger partial charge in [-0.05, 0) is 68.0 Å². The van der Waals surface area contributed by atoms with Crippen LogP contribution in [0.2, 0.25) is 0 Å². The van der Waals surface area contributed by atoms with Gasteiger partial charge in [-0.15, -0.1) is 0 Å². The molecule has 0 radical (unpaired) electrons. The first-order valence-corrected chi connectivity index (χ1v) is 13.6. The highest BCUT2D eigenvalue weighted by Crippen LogP contribution is 2.22. The van der Waals surface area contributed by atoms with E-state index in [-0.39, 0.29) is 42.3 Å². The molecule has 1 atom stereocenters. The molecule has 2 amide bonds. The number of nitrogens with one attached hydrogen (secondary N) is 2. The third kappa shape index (κ3) is 8.04. The molecule has 1 unspecified atom stereocenters. The molecule has 1 aliphatic rings. The second-order valence-electron chi connectivity index (χ2n) is 8.95. The SMILES string of the molecule is COc1ccc(CN(C(=O)CCc2ccc(S(=O)(=O)NC3CC3)cc2)C(C)C(=O)NCCCO)cc1. The lowest BCUT2D eigenvalue weighted by Gasteiger charge is -2.29. The predicted octanol–water partition coefficient (Wildman–Crippen LogP) is 1.98. The van der Waals surface area contributed by atoms with Crippen LogP contribution in [0.3, 0.4) is 0 Å². The number of ether oxygens (including phenoxy) is 1. The molecule has 3 N–H and O–H groups in total. The molecule has 0 spiro atoms. The lowest BCUT2D eigenvalue weighted by atomic mass is 10.1. The van der Waals surface area contributed by atoms with E-state index < -0.39 is 16.1 Å². The molecule has 3 rings (SSSR count). The Morgan fingerprint density at radius 3 is 2.31 bits per heavy atom. The van der Waals surface area contributed by atoms with Gasteiger partial charge >= 0.3 is 0 Å². The number of carbonyl (C=O) groups excluding carboxylic acids is 2. The number of hydrogen-bond acceptors (Lipinski definition) is 6. The van der Waals surface area contributed by atoms with Gasteiger partial charge in [0.1, 0.15) is 11.8 Å². The van der Waals surface area contributed by atoms with E-state index in [2.05, 4.69) is 10.0 Å². The number of carbonyl (C=O) groups is 2. The van der Waals surface area contributed by atoms with E-state index in [4.69, 9.17) is 9.84 Å². The molecule has 1 saturated carbocycles. The number of amides is 2. The minimum atomic E-state index is -3.52. The number of benzene rings is 2. The number of aryl methyl sites for hydroxylation is 1. The van der Waals surface area contributed by atoms with Gasteiger partial charge in [0.15, 0.2) is 0 Å². The summed E-state index contributed by atoms with van der Waals surface area (Å²) in [5.74, 6) is 0.218. The van der Waals surface area contributed by atoms with Gasteiger partial charge in [-0.2, -0.15) is 0 Å². The molecule has 1 fully saturated rings. The van der Waals surface area contributed by atoms with E-state index >= 15 is 0 Å². The Labute approximate surface area is 212 Å². The van der Waals surface area contributed by atoms with Crippen molar-refractivity contribution in [1.82, 2.24) is 14.9 Å². The topological polar surface area (TPSA) is 125 Å². The molecule has 9 nitrogen and oxygen atoms in total. The zero-order chi connectivity index (χ0) is 26.1. The smallest absolute Gasteiger partial charge is 0.242 e. The van der Waals surface area contributed by atoms with Crippen molar-refractivity contribution >= 4 is 21.8 Å². The highest BCUT2D eigenvalue weighted by atomic mass is 32.2. The van der Waals surface area contributed by atoms with Crippen LogP contribution in [0.1, 0.15) is 43.7 Å². The Morgan fingerprint density at radius 1 is 1.08 bits per heavy atom. The van der Waals surface area contributed by atoms with Crippen LogP contribution in [0.5, 0.6) is 5.75 Å². The fourth-order valence-corrected chi connectivity index (χ4v) is 4.97. The summed E-state index contributed by atoms with van der Waals surface area (Å²) < 4.78 is 32.6. The summed E-state index contributed by atoms with van der Waals surface area (Å²) in [5, 5.41) is 11.7. The maximum atomic E-state index is 13.2. The van der Waals surface area contributed by atoms with E-state index in [1.165, 1.54) is 4.90 Å². The van der Waals surface area contributed by atoms with Crippen molar-refractivity contribution < 1.29 is 27.9 Å². The molecule has 2 aromatic rings. The summed E-state index contributed by atoms with van der Waals surface area (Å²) in [5.41, 5.74) is 1.69. The Bertz CT molecular complexity index is 1120. The van der Waals surface area contributed by atoms with Crippen LogP contribution in [-0.4, -0.2) is 62.6 Å². The van der Waals surface area contributed by atoms with E-state index in [0.29, 0.717) is 25.1 Å². The normalized spacial score (nSPS) is 14.2. The molecule has 196 valence electrons. The summed E-state index contributed by atoms with van der Waals surface area (Å²) in [6, 6.07) is 13.2. The van der Waals surface area contributed by atoms with Crippen LogP contribution in [0.25, 0.3) is 0 Å². The molecule has 0 aromatic heterocycles. The number of sulfonamides is 1. The first kappa shape index (κ1) is 27.6. The fraction of sp³-hybridized carbons (Fsp3) is 0.462. The van der Waals surface area contributed by atoms with Gasteiger partial charge < -0.3 is 20.1 Å². The maximum Gasteiger partial charge on any atom is 0.242 e. The third-order valence-electron chi connectivity index (χ3n) is 6.07. The number of methoxy groups -OCH3 is 1. The molecule has 0 heterocycles. The quantitative estimate of drug-likeness (QED) is 0.329. The zero-order valence-electron chi connectivity index (χ0n) is 20.8. The van der Waals surface area contributed by atoms with Crippen LogP contribution >= 0.6 is 0 Å². The standard InChI is InChI=1S/C26H35N3O6S/c1-19(26(32)27-16-3-17-30)29(18-21-4-11-23(35-2)12-5-21)25(31)15-8-20-6-13-24(14-7-20)36(33,34)28-22-9-10-22/h4-7,11-14,19,22,28,30H,3,8-10,15-18H2,1-2H3,(H,27,32). The van der Waals surface area contributed by atoms with Crippen molar-refractivity contribution in [2.24, 2.45) is 0 Å². The second-order valence-corrected chi connectivity index (χ2v) is 10.7. The second kappa shape index (κ2) is 12.8. The average Bonchev–Trinajstić information content (AvgIpc) is 3.69. The molecule has 2 aromatic carbocycles. The van der Waals surface area contributed by atoms with Crippen molar-refractivity contribution in [1.29, 1.82) is 0 Å². The summed E-state index contributed by atoms with van der Waals surface area (Å²) >= 11 is 0. The van der Waals surface area contributed by atoms with E-state index in [9.17, 15) is 18.0 Å². The van der Waals surface area contributed by atoms with Crippen molar-refractivity contribution in [3.05, 3.63) is 59.7 Å². The molecule has 1 aliphatic carbocycles. The van der Waals surface area contributed by atoms with Crippen LogP contribution in [0.15, 0.2) is 53.4 Å². The lowest BCUT2D eigenvalue weighted by molar-refractivity contribution is -0.140. The van der Waals surface area contributed by atoms with Crippen LogP contribution in [0.4, 0.5) is 0 Å². The highest BCUT2D eigenvalue weighted by Gasteiger charge is 2.28. The van der Waals surface area contributed by atoms with Crippen LogP contribution in [-0.2, 0) is 32.6 Å². The van der Waals surface area contributed by atoms with Crippen molar-refractivity contribution in [2.45, 2.75) is 62.6 Å². The first-order chi connectivity index (χ1) is 17.2. The maximum absolute atomic E-state index is 13.2. The monoisotopic (exact) mass is 517 g/mol. The number of hydrogen-bond donors (Lipinski definition) is 3. The summed E-state index contributed by atoms with van der Waals surface area (Å²) in [6.07, 6.45) is 2.74. The molecular formula is C26H35N3O6S. The van der Waals surface area contributed by atoms with Gasteiger partial charge in [-0.25, -0.2) is 13.1 Å².